The molecule has 1 aromatic heterocycles. The number of carbonyl (C=O) groups excluding carboxylic acids is 1. The molecule has 0 unspecified atom stereocenters. The third-order valence-electron chi connectivity index (χ3n) is 3.73. The summed E-state index contributed by atoms with van der Waals surface area (Å²) in [5.74, 6) is 1.03. The van der Waals surface area contributed by atoms with Gasteiger partial charge in [-0.3, -0.25) is 4.79 Å². The Bertz CT molecular complexity index is 653. The van der Waals surface area contributed by atoms with Crippen molar-refractivity contribution in [2.75, 3.05) is 24.6 Å². The zero-order chi connectivity index (χ0) is 16.1. The van der Waals surface area contributed by atoms with Gasteiger partial charge in [-0.15, -0.1) is 0 Å². The molecule has 6 nitrogen and oxygen atoms in total. The quantitative estimate of drug-likeness (QED) is 0.852. The highest BCUT2D eigenvalue weighted by Crippen LogP contribution is 2.25. The van der Waals surface area contributed by atoms with Gasteiger partial charge in [-0.1, -0.05) is 18.7 Å². The summed E-state index contributed by atoms with van der Waals surface area (Å²) >= 11 is 1.19. The maximum atomic E-state index is 12.2. The highest BCUT2D eigenvalue weighted by Gasteiger charge is 2.21. The van der Waals surface area contributed by atoms with Crippen LogP contribution in [0.4, 0.5) is 5.82 Å². The molecule has 0 aliphatic carbocycles. The molecule has 0 aromatic carbocycles. The van der Waals surface area contributed by atoms with Crippen molar-refractivity contribution in [1.82, 2.24) is 9.88 Å². The Labute approximate surface area is 133 Å². The predicted molar refractivity (Wildman–Crippen MR) is 83.8 cm³/mol. The number of piperidine rings is 1. The van der Waals surface area contributed by atoms with E-state index in [9.17, 15) is 4.79 Å². The summed E-state index contributed by atoms with van der Waals surface area (Å²) in [6, 6.07) is 5.30. The van der Waals surface area contributed by atoms with E-state index in [-0.39, 0.29) is 28.6 Å². The number of likely N-dealkylation sites (tertiary alicyclic amines) is 1. The van der Waals surface area contributed by atoms with Crippen LogP contribution in [-0.4, -0.2) is 34.6 Å². The Kier molecular flexibility index (Phi) is 5.24. The summed E-state index contributed by atoms with van der Waals surface area (Å²) in [6.07, 6.45) is 2.06. The van der Waals surface area contributed by atoms with Gasteiger partial charge in [0.2, 0.25) is 5.91 Å². The van der Waals surface area contributed by atoms with Crippen molar-refractivity contribution in [3.8, 4) is 12.1 Å². The lowest BCUT2D eigenvalue weighted by Gasteiger charge is -2.30. The second-order valence-corrected chi connectivity index (χ2v) is 6.31. The van der Waals surface area contributed by atoms with Gasteiger partial charge < -0.3 is 10.6 Å². The molecule has 2 N–H and O–H groups in total. The number of pyridine rings is 1. The Morgan fingerprint density at radius 1 is 1.41 bits per heavy atom. The van der Waals surface area contributed by atoms with E-state index < -0.39 is 0 Å². The monoisotopic (exact) mass is 315 g/mol. The standard InChI is InChI=1S/C15H17N5OS/c1-10-2-4-20(5-3-10)13(21)9-22-15-12(8-17)6-11(7-16)14(18)19-15/h6,10H,2-5,9H2,1H3,(H2,18,19). The largest absolute Gasteiger partial charge is 0.383 e. The van der Waals surface area contributed by atoms with Crippen LogP contribution in [0.2, 0.25) is 0 Å². The first-order valence-corrected chi connectivity index (χ1v) is 8.05. The summed E-state index contributed by atoms with van der Waals surface area (Å²) < 4.78 is 0. The van der Waals surface area contributed by atoms with Gasteiger partial charge in [-0.05, 0) is 24.8 Å². The van der Waals surface area contributed by atoms with Gasteiger partial charge in [0.1, 0.15) is 23.0 Å². The summed E-state index contributed by atoms with van der Waals surface area (Å²) in [5.41, 5.74) is 6.12. The molecule has 7 heteroatoms. The van der Waals surface area contributed by atoms with Crippen LogP contribution in [0.1, 0.15) is 30.9 Å². The molecule has 1 aromatic rings. The van der Waals surface area contributed by atoms with Gasteiger partial charge >= 0.3 is 0 Å². The number of hydrogen-bond donors (Lipinski definition) is 1. The van der Waals surface area contributed by atoms with E-state index in [2.05, 4.69) is 11.9 Å². The highest BCUT2D eigenvalue weighted by atomic mass is 32.2. The number of thioether (sulfide) groups is 1. The Balaban J connectivity index is 2.03. The number of nitrogens with two attached hydrogens (primary N) is 1. The number of rotatable bonds is 3. The van der Waals surface area contributed by atoms with Gasteiger partial charge in [-0.2, -0.15) is 10.5 Å². The molecular formula is C15H17N5OS. The summed E-state index contributed by atoms with van der Waals surface area (Å²) in [4.78, 5) is 18.1. The third kappa shape index (κ3) is 3.69. The fourth-order valence-electron chi connectivity index (χ4n) is 2.27. The number of hydrogen-bond acceptors (Lipinski definition) is 6. The van der Waals surface area contributed by atoms with E-state index >= 15 is 0 Å². The van der Waals surface area contributed by atoms with Crippen LogP contribution in [0.5, 0.6) is 0 Å². The second kappa shape index (κ2) is 7.15. The van der Waals surface area contributed by atoms with Crippen LogP contribution in [0.3, 0.4) is 0 Å². The molecule has 1 aliphatic rings. The van der Waals surface area contributed by atoms with E-state index in [4.69, 9.17) is 16.3 Å². The van der Waals surface area contributed by atoms with Crippen molar-refractivity contribution in [3.05, 3.63) is 17.2 Å². The number of nitriles is 2. The fraction of sp³-hybridized carbons (Fsp3) is 0.467. The summed E-state index contributed by atoms with van der Waals surface area (Å²) in [6.45, 7) is 3.77. The SMILES string of the molecule is CC1CCN(C(=O)CSc2nc(N)c(C#N)cc2C#N)CC1. The molecule has 1 aliphatic heterocycles. The third-order valence-corrected chi connectivity index (χ3v) is 4.70. The minimum atomic E-state index is 0.0468. The van der Waals surface area contributed by atoms with E-state index in [1.54, 1.807) is 0 Å². The lowest BCUT2D eigenvalue weighted by Crippen LogP contribution is -2.38. The van der Waals surface area contributed by atoms with E-state index in [0.717, 1.165) is 25.9 Å². The lowest BCUT2D eigenvalue weighted by molar-refractivity contribution is -0.129. The number of nitrogens with zero attached hydrogens (tertiary/aromatic N) is 4. The fourth-order valence-corrected chi connectivity index (χ4v) is 3.13. The molecule has 114 valence electrons. The van der Waals surface area contributed by atoms with Crippen LogP contribution in [0.25, 0.3) is 0 Å². The molecule has 1 amide bonds. The maximum absolute atomic E-state index is 12.2. The maximum Gasteiger partial charge on any atom is 0.232 e. The van der Waals surface area contributed by atoms with Crippen molar-refractivity contribution in [2.45, 2.75) is 24.8 Å². The van der Waals surface area contributed by atoms with Crippen LogP contribution < -0.4 is 5.73 Å². The molecule has 0 atom stereocenters. The summed E-state index contributed by atoms with van der Waals surface area (Å²) in [5, 5.41) is 18.4. The Morgan fingerprint density at radius 3 is 2.64 bits per heavy atom. The molecule has 0 radical (unpaired) electrons. The molecule has 2 heterocycles. The van der Waals surface area contributed by atoms with Gasteiger partial charge in [0.05, 0.1) is 16.9 Å². The zero-order valence-corrected chi connectivity index (χ0v) is 13.2. The molecular weight excluding hydrogens is 298 g/mol. The highest BCUT2D eigenvalue weighted by molar-refractivity contribution is 8.00. The van der Waals surface area contributed by atoms with Gasteiger partial charge in [0, 0.05) is 13.1 Å². The number of nitrogen functional groups attached to an aromatic ring is 1. The van der Waals surface area contributed by atoms with Crippen molar-refractivity contribution in [3.63, 3.8) is 0 Å². The van der Waals surface area contributed by atoms with Crippen molar-refractivity contribution in [1.29, 1.82) is 10.5 Å². The van der Waals surface area contributed by atoms with Crippen LogP contribution in [0, 0.1) is 28.6 Å². The average molecular weight is 315 g/mol. The van der Waals surface area contributed by atoms with Crippen LogP contribution in [-0.2, 0) is 4.79 Å². The number of carbonyl (C=O) groups is 1. The first-order chi connectivity index (χ1) is 10.5. The molecule has 0 saturated carbocycles. The molecule has 1 fully saturated rings. The lowest BCUT2D eigenvalue weighted by atomic mass is 9.99. The van der Waals surface area contributed by atoms with E-state index in [1.165, 1.54) is 17.8 Å². The van der Waals surface area contributed by atoms with Gasteiger partial charge in [-0.25, -0.2) is 4.98 Å². The Morgan fingerprint density at radius 2 is 2.05 bits per heavy atom. The number of amides is 1. The first kappa shape index (κ1) is 16.1. The predicted octanol–water partition coefficient (Wildman–Crippen LogP) is 1.76. The van der Waals surface area contributed by atoms with Gasteiger partial charge in [0.25, 0.3) is 0 Å². The zero-order valence-electron chi connectivity index (χ0n) is 12.4. The van der Waals surface area contributed by atoms with Crippen molar-refractivity contribution >= 4 is 23.5 Å². The molecule has 1 saturated heterocycles. The second-order valence-electron chi connectivity index (χ2n) is 5.35. The molecule has 2 rings (SSSR count). The van der Waals surface area contributed by atoms with E-state index in [0.29, 0.717) is 10.9 Å². The van der Waals surface area contributed by atoms with Gasteiger partial charge in [0.15, 0.2) is 0 Å². The average Bonchev–Trinajstić information content (AvgIpc) is 2.53. The topological polar surface area (TPSA) is 107 Å². The minimum absolute atomic E-state index is 0.0468. The number of aromatic nitrogens is 1. The normalized spacial score (nSPS) is 15.1. The first-order valence-electron chi connectivity index (χ1n) is 7.06. The minimum Gasteiger partial charge on any atom is -0.383 e. The van der Waals surface area contributed by atoms with Crippen molar-refractivity contribution < 1.29 is 4.79 Å². The molecule has 0 spiro atoms. The van der Waals surface area contributed by atoms with Crippen LogP contribution in [0.15, 0.2) is 11.1 Å². The number of anilines is 1. The van der Waals surface area contributed by atoms with Crippen molar-refractivity contribution in [2.24, 2.45) is 5.92 Å². The van der Waals surface area contributed by atoms with E-state index in [1.807, 2.05) is 17.0 Å². The molecule has 22 heavy (non-hydrogen) atoms. The van der Waals surface area contributed by atoms with Crippen LogP contribution >= 0.6 is 11.8 Å². The summed E-state index contributed by atoms with van der Waals surface area (Å²) in [7, 11) is 0. The Hall–Kier alpha value is -2.25. The smallest absolute Gasteiger partial charge is 0.232 e. The molecule has 0 bridgehead atoms.